The number of nitrogens with one attached hydrogen (secondary N) is 2. The number of carbonyl (C=O) groups excluding carboxylic acids is 1. The highest BCUT2D eigenvalue weighted by Crippen LogP contribution is 2.20. The van der Waals surface area contributed by atoms with Gasteiger partial charge in [-0.15, -0.1) is 0 Å². The Morgan fingerprint density at radius 2 is 2.00 bits per heavy atom. The Bertz CT molecular complexity index is 792. The van der Waals surface area contributed by atoms with Crippen molar-refractivity contribution in [2.45, 2.75) is 0 Å². The molecule has 21 heavy (non-hydrogen) atoms. The number of aromatic nitrogens is 2. The maximum Gasteiger partial charge on any atom is 0.256 e. The van der Waals surface area contributed by atoms with E-state index in [1.807, 2.05) is 55.4 Å². The molecule has 0 fully saturated rings. The molecule has 0 aliphatic rings. The van der Waals surface area contributed by atoms with E-state index in [2.05, 4.69) is 15.5 Å². The van der Waals surface area contributed by atoms with Crippen LogP contribution < -0.4 is 10.2 Å². The van der Waals surface area contributed by atoms with Crippen LogP contribution in [0, 0.1) is 0 Å². The van der Waals surface area contributed by atoms with Crippen molar-refractivity contribution in [2.75, 3.05) is 24.3 Å². The second-order valence-electron chi connectivity index (χ2n) is 5.04. The van der Waals surface area contributed by atoms with Crippen LogP contribution in [0.15, 0.2) is 48.7 Å². The highest BCUT2D eigenvalue weighted by molar-refractivity contribution is 6.12. The molecule has 5 heteroatoms. The highest BCUT2D eigenvalue weighted by atomic mass is 16.1. The van der Waals surface area contributed by atoms with E-state index in [4.69, 9.17) is 0 Å². The van der Waals surface area contributed by atoms with Gasteiger partial charge in [0.05, 0.1) is 17.3 Å². The summed E-state index contributed by atoms with van der Waals surface area (Å²) in [6, 6.07) is 13.3. The highest BCUT2D eigenvalue weighted by Gasteiger charge is 2.11. The van der Waals surface area contributed by atoms with Gasteiger partial charge in [-0.3, -0.25) is 9.89 Å². The van der Waals surface area contributed by atoms with Gasteiger partial charge in [-0.05, 0) is 30.3 Å². The molecule has 3 aromatic rings. The third-order valence-electron chi connectivity index (χ3n) is 3.35. The van der Waals surface area contributed by atoms with Crippen molar-refractivity contribution in [3.8, 4) is 0 Å². The second kappa shape index (κ2) is 5.28. The molecule has 0 unspecified atom stereocenters. The van der Waals surface area contributed by atoms with Crippen LogP contribution in [0.4, 0.5) is 11.4 Å². The van der Waals surface area contributed by atoms with E-state index >= 15 is 0 Å². The zero-order chi connectivity index (χ0) is 14.8. The largest absolute Gasteiger partial charge is 0.378 e. The molecule has 0 atom stereocenters. The lowest BCUT2D eigenvalue weighted by Crippen LogP contribution is -2.13. The van der Waals surface area contributed by atoms with Crippen LogP contribution in [0.5, 0.6) is 0 Å². The van der Waals surface area contributed by atoms with Crippen molar-refractivity contribution in [1.82, 2.24) is 10.2 Å². The molecule has 5 nitrogen and oxygen atoms in total. The third-order valence-corrected chi connectivity index (χ3v) is 3.35. The monoisotopic (exact) mass is 280 g/mol. The van der Waals surface area contributed by atoms with E-state index in [0.29, 0.717) is 5.56 Å². The van der Waals surface area contributed by atoms with Gasteiger partial charge in [0.2, 0.25) is 0 Å². The molecule has 0 radical (unpaired) electrons. The molecule has 2 aromatic carbocycles. The van der Waals surface area contributed by atoms with Gasteiger partial charge in [0.1, 0.15) is 0 Å². The molecule has 0 bridgehead atoms. The molecule has 0 spiro atoms. The van der Waals surface area contributed by atoms with E-state index in [-0.39, 0.29) is 5.91 Å². The predicted octanol–water partition coefficient (Wildman–Crippen LogP) is 2.88. The zero-order valence-corrected chi connectivity index (χ0v) is 11.9. The van der Waals surface area contributed by atoms with Crippen LogP contribution in [0.2, 0.25) is 0 Å². The molecule has 1 aromatic heterocycles. The molecule has 3 rings (SSSR count). The van der Waals surface area contributed by atoms with Crippen LogP contribution >= 0.6 is 0 Å². The maximum absolute atomic E-state index is 12.4. The number of fused-ring (bicyclic) bond motifs is 1. The summed E-state index contributed by atoms with van der Waals surface area (Å²) in [6.07, 6.45) is 1.67. The van der Waals surface area contributed by atoms with Crippen LogP contribution in [-0.4, -0.2) is 30.2 Å². The first-order chi connectivity index (χ1) is 10.1. The fourth-order valence-electron chi connectivity index (χ4n) is 2.23. The van der Waals surface area contributed by atoms with Gasteiger partial charge in [0.25, 0.3) is 5.91 Å². The molecular formula is C16H16N4O. The van der Waals surface area contributed by atoms with Crippen LogP contribution in [-0.2, 0) is 0 Å². The molecule has 2 N–H and O–H groups in total. The number of hydrogen-bond donors (Lipinski definition) is 2. The Labute approximate surface area is 122 Å². The number of amides is 1. The first-order valence-corrected chi connectivity index (χ1v) is 6.66. The average Bonchev–Trinajstić information content (AvgIpc) is 2.95. The van der Waals surface area contributed by atoms with Crippen LogP contribution in [0.1, 0.15) is 10.4 Å². The number of benzene rings is 2. The smallest absolute Gasteiger partial charge is 0.256 e. The Kier molecular flexibility index (Phi) is 3.31. The Morgan fingerprint density at radius 1 is 1.19 bits per heavy atom. The van der Waals surface area contributed by atoms with E-state index < -0.39 is 0 Å². The molecule has 0 saturated carbocycles. The summed E-state index contributed by atoms with van der Waals surface area (Å²) < 4.78 is 0. The van der Waals surface area contributed by atoms with Crippen molar-refractivity contribution in [1.29, 1.82) is 0 Å². The predicted molar refractivity (Wildman–Crippen MR) is 84.8 cm³/mol. The standard InChI is InChI=1S/C16H16N4O/c1-20(2)12-6-3-5-11(9-12)18-16(21)13-7-4-8-15-14(13)10-17-19-15/h3-10H,1-2H3,(H,17,19)(H,18,21). The number of carbonyl (C=O) groups is 1. The van der Waals surface area contributed by atoms with Gasteiger partial charge in [-0.25, -0.2) is 0 Å². The normalized spacial score (nSPS) is 10.6. The minimum atomic E-state index is -0.141. The molecule has 0 aliphatic heterocycles. The summed E-state index contributed by atoms with van der Waals surface area (Å²) in [5.74, 6) is -0.141. The number of hydrogen-bond acceptors (Lipinski definition) is 3. The fourth-order valence-corrected chi connectivity index (χ4v) is 2.23. The van der Waals surface area contributed by atoms with Gasteiger partial charge in [-0.2, -0.15) is 5.10 Å². The quantitative estimate of drug-likeness (QED) is 0.775. The number of H-pyrrole nitrogens is 1. The lowest BCUT2D eigenvalue weighted by molar-refractivity contribution is 0.102. The van der Waals surface area contributed by atoms with Gasteiger partial charge in [-0.1, -0.05) is 12.1 Å². The number of rotatable bonds is 3. The first kappa shape index (κ1) is 13.2. The average molecular weight is 280 g/mol. The maximum atomic E-state index is 12.4. The molecule has 106 valence electrons. The minimum Gasteiger partial charge on any atom is -0.378 e. The van der Waals surface area contributed by atoms with Crippen LogP contribution in [0.25, 0.3) is 10.9 Å². The van der Waals surface area contributed by atoms with Crippen molar-refractivity contribution >= 4 is 28.2 Å². The molecule has 1 heterocycles. The Balaban J connectivity index is 1.90. The van der Waals surface area contributed by atoms with Crippen LogP contribution in [0.3, 0.4) is 0 Å². The van der Waals surface area contributed by atoms with Gasteiger partial charge < -0.3 is 10.2 Å². The Hall–Kier alpha value is -2.82. The number of nitrogens with zero attached hydrogens (tertiary/aromatic N) is 2. The van der Waals surface area contributed by atoms with E-state index in [1.54, 1.807) is 12.3 Å². The van der Waals surface area contributed by atoms with Crippen molar-refractivity contribution in [3.05, 3.63) is 54.2 Å². The van der Waals surface area contributed by atoms with E-state index in [9.17, 15) is 4.79 Å². The lowest BCUT2D eigenvalue weighted by Gasteiger charge is -2.14. The number of anilines is 2. The van der Waals surface area contributed by atoms with Crippen molar-refractivity contribution in [3.63, 3.8) is 0 Å². The summed E-state index contributed by atoms with van der Waals surface area (Å²) in [5.41, 5.74) is 3.27. The van der Waals surface area contributed by atoms with Crippen molar-refractivity contribution in [2.24, 2.45) is 0 Å². The van der Waals surface area contributed by atoms with Crippen molar-refractivity contribution < 1.29 is 4.79 Å². The van der Waals surface area contributed by atoms with Gasteiger partial charge >= 0.3 is 0 Å². The van der Waals surface area contributed by atoms with E-state index in [1.165, 1.54) is 0 Å². The lowest BCUT2D eigenvalue weighted by atomic mass is 10.1. The minimum absolute atomic E-state index is 0.141. The fraction of sp³-hybridized carbons (Fsp3) is 0.125. The topological polar surface area (TPSA) is 61.0 Å². The zero-order valence-electron chi connectivity index (χ0n) is 11.9. The van der Waals surface area contributed by atoms with E-state index in [0.717, 1.165) is 22.3 Å². The molecular weight excluding hydrogens is 264 g/mol. The second-order valence-corrected chi connectivity index (χ2v) is 5.04. The molecule has 1 amide bonds. The number of aromatic amines is 1. The summed E-state index contributed by atoms with van der Waals surface area (Å²) in [5, 5.41) is 10.6. The van der Waals surface area contributed by atoms with Gasteiger partial charge in [0.15, 0.2) is 0 Å². The molecule has 0 aliphatic carbocycles. The summed E-state index contributed by atoms with van der Waals surface area (Å²) in [6.45, 7) is 0. The van der Waals surface area contributed by atoms with Gasteiger partial charge in [0, 0.05) is 30.9 Å². The third kappa shape index (κ3) is 2.58. The summed E-state index contributed by atoms with van der Waals surface area (Å²) >= 11 is 0. The summed E-state index contributed by atoms with van der Waals surface area (Å²) in [7, 11) is 3.93. The SMILES string of the molecule is CN(C)c1cccc(NC(=O)c2cccc3[nH]ncc23)c1. The Morgan fingerprint density at radius 3 is 2.81 bits per heavy atom. The summed E-state index contributed by atoms with van der Waals surface area (Å²) in [4.78, 5) is 14.4. The first-order valence-electron chi connectivity index (χ1n) is 6.66. The molecule has 0 saturated heterocycles.